The largest absolute Gasteiger partial charge is 0.311 e. The SMILES string of the molecule is CC(C)OP(=S)(NC(=S)N1CCN=C1NP(=S)(OC(C)C)OC(C)C)OC(C)C. The maximum absolute atomic E-state index is 5.90. The summed E-state index contributed by atoms with van der Waals surface area (Å²) in [4.78, 5) is 6.28. The Kier molecular flexibility index (Phi) is 11.1. The molecule has 0 unspecified atom stereocenters. The second-order valence-electron chi connectivity index (χ2n) is 7.50. The Morgan fingerprint density at radius 2 is 1.28 bits per heavy atom. The lowest BCUT2D eigenvalue weighted by atomic mass is 10.5. The lowest BCUT2D eigenvalue weighted by molar-refractivity contribution is 0.171. The van der Waals surface area contributed by atoms with Gasteiger partial charge in [0.25, 0.3) is 13.3 Å². The summed E-state index contributed by atoms with van der Waals surface area (Å²) in [6.45, 7) is 10.8. The van der Waals surface area contributed by atoms with Gasteiger partial charge in [0.15, 0.2) is 5.11 Å². The van der Waals surface area contributed by atoms with Crippen LogP contribution in [-0.4, -0.2) is 53.5 Å². The molecule has 2 N–H and O–H groups in total. The van der Waals surface area contributed by atoms with Crippen LogP contribution in [0.15, 0.2) is 4.99 Å². The van der Waals surface area contributed by atoms with E-state index in [0.717, 1.165) is 0 Å². The molecule has 0 saturated carbocycles. The summed E-state index contributed by atoms with van der Waals surface area (Å²) in [5.41, 5.74) is 0. The highest BCUT2D eigenvalue weighted by atomic mass is 32.5. The molecule has 0 spiro atoms. The molecule has 0 amide bonds. The summed E-state index contributed by atoms with van der Waals surface area (Å²) in [5.74, 6) is 0.503. The van der Waals surface area contributed by atoms with E-state index in [4.69, 9.17) is 53.9 Å². The quantitative estimate of drug-likeness (QED) is 0.333. The average molecular weight is 505 g/mol. The number of aliphatic imine (C=N–C) groups is 1. The highest BCUT2D eigenvalue weighted by molar-refractivity contribution is 8.09. The van der Waals surface area contributed by atoms with Crippen LogP contribution in [0.4, 0.5) is 0 Å². The molecule has 13 heteroatoms. The highest BCUT2D eigenvalue weighted by Crippen LogP contribution is 2.48. The van der Waals surface area contributed by atoms with Gasteiger partial charge in [-0.3, -0.25) is 20.1 Å². The van der Waals surface area contributed by atoms with Crippen molar-refractivity contribution in [3.63, 3.8) is 0 Å². The summed E-state index contributed by atoms with van der Waals surface area (Å²) in [7, 11) is 0. The fourth-order valence-corrected chi connectivity index (χ4v) is 8.91. The van der Waals surface area contributed by atoms with Crippen LogP contribution in [0, 0.1) is 0 Å². The maximum atomic E-state index is 5.90. The molecule has 1 rings (SSSR count). The number of guanidine groups is 1. The van der Waals surface area contributed by atoms with Gasteiger partial charge in [-0.05, 0) is 91.2 Å². The molecular formula is C16H34N4O4P2S3. The van der Waals surface area contributed by atoms with E-state index >= 15 is 0 Å². The summed E-state index contributed by atoms with van der Waals surface area (Å²) in [6, 6.07) is 0. The van der Waals surface area contributed by atoms with Gasteiger partial charge in [-0.25, -0.2) is 0 Å². The summed E-state index contributed by atoms with van der Waals surface area (Å²) in [6.07, 6.45) is -0.412. The topological polar surface area (TPSA) is 76.6 Å². The van der Waals surface area contributed by atoms with Crippen molar-refractivity contribution < 1.29 is 18.1 Å². The minimum Gasteiger partial charge on any atom is -0.311 e. The normalized spacial score (nSPS) is 15.6. The van der Waals surface area contributed by atoms with Crippen LogP contribution in [0.5, 0.6) is 0 Å². The van der Waals surface area contributed by atoms with Crippen molar-refractivity contribution in [1.82, 2.24) is 15.1 Å². The van der Waals surface area contributed by atoms with Gasteiger partial charge in [0.05, 0.1) is 31.0 Å². The fourth-order valence-electron chi connectivity index (χ4n) is 2.31. The standard InChI is InChI=1S/C16H34N4O4P2S3/c1-11(2)21-25(28,22-12(3)4)18-15-17-9-10-20(15)16(27)19-26(29,23-13(5)6)24-14(7)8/h11-14H,9-10H2,1-8H3,(H,17,18,28)(H,19,27,29). The third-order valence-electron chi connectivity index (χ3n) is 2.95. The van der Waals surface area contributed by atoms with Crippen LogP contribution >= 0.6 is 25.5 Å². The van der Waals surface area contributed by atoms with Crippen LogP contribution in [0.1, 0.15) is 55.4 Å². The number of hydrogen-bond donors (Lipinski definition) is 2. The second-order valence-corrected chi connectivity index (χ2v) is 14.0. The Balaban J connectivity index is 2.97. The molecule has 0 aromatic heterocycles. The van der Waals surface area contributed by atoms with Gasteiger partial charge in [-0.15, -0.1) is 0 Å². The van der Waals surface area contributed by atoms with Crippen molar-refractivity contribution in [1.29, 1.82) is 0 Å². The van der Waals surface area contributed by atoms with Crippen molar-refractivity contribution in [2.24, 2.45) is 4.99 Å². The first kappa shape index (κ1) is 27.3. The third-order valence-corrected chi connectivity index (χ3v) is 8.76. The Labute approximate surface area is 190 Å². The van der Waals surface area contributed by atoms with E-state index in [1.54, 1.807) is 4.90 Å². The molecule has 29 heavy (non-hydrogen) atoms. The van der Waals surface area contributed by atoms with Crippen LogP contribution in [0.3, 0.4) is 0 Å². The average Bonchev–Trinajstić information content (AvgIpc) is 2.90. The smallest absolute Gasteiger partial charge is 0.290 e. The third kappa shape index (κ3) is 9.97. The van der Waals surface area contributed by atoms with Gasteiger partial charge >= 0.3 is 0 Å². The van der Waals surface area contributed by atoms with Crippen molar-refractivity contribution >= 4 is 60.2 Å². The van der Waals surface area contributed by atoms with Gasteiger partial charge in [-0.2, -0.15) is 0 Å². The van der Waals surface area contributed by atoms with E-state index in [2.05, 4.69) is 15.2 Å². The van der Waals surface area contributed by atoms with E-state index in [0.29, 0.717) is 24.2 Å². The Morgan fingerprint density at radius 3 is 1.69 bits per heavy atom. The van der Waals surface area contributed by atoms with Crippen LogP contribution in [0.25, 0.3) is 0 Å². The zero-order valence-corrected chi connectivity index (χ0v) is 22.6. The minimum atomic E-state index is -2.82. The van der Waals surface area contributed by atoms with Crippen LogP contribution < -0.4 is 10.2 Å². The molecule has 0 radical (unpaired) electrons. The molecule has 0 fully saturated rings. The predicted octanol–water partition coefficient (Wildman–Crippen LogP) is 4.27. The molecule has 0 saturated heterocycles. The lowest BCUT2D eigenvalue weighted by Crippen LogP contribution is -2.46. The summed E-state index contributed by atoms with van der Waals surface area (Å²) < 4.78 is 23.6. The number of hydrogen-bond acceptors (Lipinski definition) is 8. The number of nitrogens with one attached hydrogen (secondary N) is 2. The Hall–Kier alpha value is 0.300. The van der Waals surface area contributed by atoms with Gasteiger partial charge in [0.2, 0.25) is 5.96 Å². The molecule has 0 atom stereocenters. The number of thiocarbonyl (C=S) groups is 1. The van der Waals surface area contributed by atoms with Gasteiger partial charge < -0.3 is 18.1 Å². The maximum Gasteiger partial charge on any atom is 0.290 e. The molecule has 1 aliphatic rings. The zero-order chi connectivity index (χ0) is 22.4. The Bertz CT molecular complexity index is 661. The lowest BCUT2D eigenvalue weighted by Gasteiger charge is -2.33. The summed E-state index contributed by atoms with van der Waals surface area (Å²) >= 11 is 16.9. The van der Waals surface area contributed by atoms with Crippen LogP contribution in [0.2, 0.25) is 0 Å². The molecule has 170 valence electrons. The van der Waals surface area contributed by atoms with E-state index in [-0.39, 0.29) is 24.4 Å². The molecule has 1 heterocycles. The zero-order valence-electron chi connectivity index (χ0n) is 18.4. The molecule has 0 aliphatic carbocycles. The predicted molar refractivity (Wildman–Crippen MR) is 131 cm³/mol. The van der Waals surface area contributed by atoms with Crippen molar-refractivity contribution in [3.8, 4) is 0 Å². The van der Waals surface area contributed by atoms with Gasteiger partial charge in [0, 0.05) is 6.54 Å². The fraction of sp³-hybridized carbons (Fsp3) is 0.875. The van der Waals surface area contributed by atoms with Crippen LogP contribution in [-0.2, 0) is 41.7 Å². The van der Waals surface area contributed by atoms with E-state index in [1.807, 2.05) is 55.4 Å². The highest BCUT2D eigenvalue weighted by Gasteiger charge is 2.32. The van der Waals surface area contributed by atoms with Crippen molar-refractivity contribution in [2.75, 3.05) is 13.1 Å². The van der Waals surface area contributed by atoms with E-state index in [9.17, 15) is 0 Å². The first-order valence-corrected chi connectivity index (χ1v) is 15.3. The first-order chi connectivity index (χ1) is 13.3. The van der Waals surface area contributed by atoms with Crippen molar-refractivity contribution in [3.05, 3.63) is 0 Å². The van der Waals surface area contributed by atoms with E-state index in [1.165, 1.54) is 0 Å². The Morgan fingerprint density at radius 1 is 0.862 bits per heavy atom. The monoisotopic (exact) mass is 504 g/mol. The minimum absolute atomic E-state index is 0.0993. The van der Waals surface area contributed by atoms with Gasteiger partial charge in [0.1, 0.15) is 0 Å². The van der Waals surface area contributed by atoms with E-state index < -0.39 is 13.3 Å². The summed E-state index contributed by atoms with van der Waals surface area (Å²) in [5, 5.41) is 6.66. The molecule has 0 aromatic carbocycles. The first-order valence-electron chi connectivity index (χ1n) is 9.61. The molecule has 0 bridgehead atoms. The van der Waals surface area contributed by atoms with Crippen molar-refractivity contribution in [2.45, 2.75) is 79.8 Å². The second kappa shape index (κ2) is 11.8. The number of nitrogens with zero attached hydrogens (tertiary/aromatic N) is 2. The number of rotatable bonds is 10. The molecule has 0 aromatic rings. The molecule has 1 aliphatic heterocycles. The molecular weight excluding hydrogens is 470 g/mol. The van der Waals surface area contributed by atoms with Gasteiger partial charge in [-0.1, -0.05) is 0 Å². The molecule has 8 nitrogen and oxygen atoms in total.